The molecule has 2 amide bonds. The lowest BCUT2D eigenvalue weighted by atomic mass is 10.1. The van der Waals surface area contributed by atoms with Crippen molar-refractivity contribution in [2.24, 2.45) is 0 Å². The Bertz CT molecular complexity index is 1260. The minimum Gasteiger partial charge on any atom is -0.487 e. The molecule has 1 fully saturated rings. The maximum absolute atomic E-state index is 12.9. The standard InChI is InChI=1S/C25H18Br2ClNO3S/c1-15-5-4-6-16(9-15)14-32-23-19(26)10-17(11-20(23)27)12-22-24(30)29(25(31)33-22)13-18-7-2-3-8-21(18)28/h2-12H,13-14H2,1H3/b22-12-. The molecule has 4 rings (SSSR count). The summed E-state index contributed by atoms with van der Waals surface area (Å²) in [5, 5.41) is 0.206. The normalized spacial score (nSPS) is 14.9. The summed E-state index contributed by atoms with van der Waals surface area (Å²) in [6, 6.07) is 19.0. The van der Waals surface area contributed by atoms with Crippen LogP contribution in [0, 0.1) is 6.92 Å². The predicted octanol–water partition coefficient (Wildman–Crippen LogP) is 7.99. The first-order chi connectivity index (χ1) is 15.8. The average molecular weight is 608 g/mol. The molecule has 3 aromatic rings. The Kier molecular flexibility index (Phi) is 7.64. The fourth-order valence-corrected chi connectivity index (χ4v) is 5.83. The molecule has 0 spiro atoms. The van der Waals surface area contributed by atoms with Gasteiger partial charge >= 0.3 is 0 Å². The highest BCUT2D eigenvalue weighted by atomic mass is 79.9. The quantitative estimate of drug-likeness (QED) is 0.267. The predicted molar refractivity (Wildman–Crippen MR) is 140 cm³/mol. The first-order valence-corrected chi connectivity index (χ1v) is 12.8. The Morgan fingerprint density at radius 3 is 2.45 bits per heavy atom. The topological polar surface area (TPSA) is 46.6 Å². The molecule has 0 aromatic heterocycles. The Morgan fingerprint density at radius 1 is 1.03 bits per heavy atom. The van der Waals surface area contributed by atoms with E-state index in [1.807, 2.05) is 49.4 Å². The highest BCUT2D eigenvalue weighted by molar-refractivity contribution is 9.11. The molecule has 3 aromatic carbocycles. The number of imide groups is 1. The van der Waals surface area contributed by atoms with E-state index in [1.54, 1.807) is 18.2 Å². The Hall–Kier alpha value is -2.06. The van der Waals surface area contributed by atoms with Crippen LogP contribution in [0.25, 0.3) is 6.08 Å². The van der Waals surface area contributed by atoms with Gasteiger partial charge in [0.2, 0.25) is 0 Å². The van der Waals surface area contributed by atoms with Crippen LogP contribution in [0.2, 0.25) is 5.02 Å². The van der Waals surface area contributed by atoms with Crippen LogP contribution in [0.1, 0.15) is 22.3 Å². The Balaban J connectivity index is 1.51. The zero-order valence-electron chi connectivity index (χ0n) is 17.5. The molecule has 4 nitrogen and oxygen atoms in total. The number of hydrogen-bond donors (Lipinski definition) is 0. The van der Waals surface area contributed by atoms with Gasteiger partial charge < -0.3 is 4.74 Å². The minimum atomic E-state index is -0.336. The first-order valence-electron chi connectivity index (χ1n) is 9.98. The number of carbonyl (C=O) groups is 2. The summed E-state index contributed by atoms with van der Waals surface area (Å²) >= 11 is 14.2. The largest absolute Gasteiger partial charge is 0.487 e. The molecule has 0 radical (unpaired) electrons. The molecule has 0 bridgehead atoms. The van der Waals surface area contributed by atoms with Gasteiger partial charge in [-0.25, -0.2) is 0 Å². The van der Waals surface area contributed by atoms with E-state index in [4.69, 9.17) is 16.3 Å². The molecule has 1 aliphatic rings. The van der Waals surface area contributed by atoms with Gasteiger partial charge in [0.25, 0.3) is 11.1 Å². The van der Waals surface area contributed by atoms with Crippen LogP contribution >= 0.6 is 55.2 Å². The fraction of sp³-hybridized carbons (Fsp3) is 0.120. The van der Waals surface area contributed by atoms with Crippen molar-refractivity contribution in [3.8, 4) is 5.75 Å². The molecule has 1 saturated heterocycles. The van der Waals surface area contributed by atoms with Gasteiger partial charge in [0, 0.05) is 5.02 Å². The zero-order chi connectivity index (χ0) is 23.5. The van der Waals surface area contributed by atoms with Crippen molar-refractivity contribution in [1.82, 2.24) is 4.90 Å². The Morgan fingerprint density at radius 2 is 1.76 bits per heavy atom. The van der Waals surface area contributed by atoms with Crippen LogP contribution < -0.4 is 4.74 Å². The second kappa shape index (κ2) is 10.5. The number of halogens is 3. The van der Waals surface area contributed by atoms with Crippen molar-refractivity contribution in [2.45, 2.75) is 20.1 Å². The monoisotopic (exact) mass is 605 g/mol. The van der Waals surface area contributed by atoms with E-state index >= 15 is 0 Å². The lowest BCUT2D eigenvalue weighted by Gasteiger charge is -2.13. The molecule has 168 valence electrons. The summed E-state index contributed by atoms with van der Waals surface area (Å²) in [5.74, 6) is 0.331. The van der Waals surface area contributed by atoms with E-state index < -0.39 is 0 Å². The zero-order valence-corrected chi connectivity index (χ0v) is 22.2. The molecule has 8 heteroatoms. The van der Waals surface area contributed by atoms with Crippen molar-refractivity contribution in [1.29, 1.82) is 0 Å². The number of amides is 2. The summed E-state index contributed by atoms with van der Waals surface area (Å²) in [7, 11) is 0. The maximum atomic E-state index is 12.9. The van der Waals surface area contributed by atoms with Gasteiger partial charge in [0.05, 0.1) is 20.4 Å². The first kappa shape index (κ1) is 24.1. The summed E-state index contributed by atoms with van der Waals surface area (Å²) in [6.07, 6.45) is 1.71. The van der Waals surface area contributed by atoms with Crippen LogP contribution in [-0.4, -0.2) is 16.0 Å². The lowest BCUT2D eigenvalue weighted by Crippen LogP contribution is -2.27. The van der Waals surface area contributed by atoms with Crippen molar-refractivity contribution >= 4 is 72.4 Å². The summed E-state index contributed by atoms with van der Waals surface area (Å²) in [6.45, 7) is 2.61. The number of benzene rings is 3. The van der Waals surface area contributed by atoms with Gasteiger partial charge in [-0.1, -0.05) is 59.6 Å². The molecule has 1 heterocycles. The van der Waals surface area contributed by atoms with E-state index in [-0.39, 0.29) is 17.7 Å². The number of hydrogen-bond acceptors (Lipinski definition) is 4. The third-order valence-corrected chi connectivity index (χ3v) is 7.40. The highest BCUT2D eigenvalue weighted by Gasteiger charge is 2.35. The summed E-state index contributed by atoms with van der Waals surface area (Å²) in [5.41, 5.74) is 3.74. The maximum Gasteiger partial charge on any atom is 0.293 e. The van der Waals surface area contributed by atoms with Crippen molar-refractivity contribution in [2.75, 3.05) is 0 Å². The fourth-order valence-electron chi connectivity index (χ4n) is 3.34. The average Bonchev–Trinajstić information content (AvgIpc) is 3.02. The highest BCUT2D eigenvalue weighted by Crippen LogP contribution is 2.38. The van der Waals surface area contributed by atoms with E-state index in [0.29, 0.717) is 22.3 Å². The minimum absolute atomic E-state index is 0.140. The van der Waals surface area contributed by atoms with Gasteiger partial charge in [-0.15, -0.1) is 0 Å². The van der Waals surface area contributed by atoms with Gasteiger partial charge in [-0.05, 0) is 91.5 Å². The van der Waals surface area contributed by atoms with Gasteiger partial charge in [-0.2, -0.15) is 0 Å². The van der Waals surface area contributed by atoms with Gasteiger partial charge in [0.15, 0.2) is 0 Å². The number of nitrogens with zero attached hydrogens (tertiary/aromatic N) is 1. The van der Waals surface area contributed by atoms with Crippen molar-refractivity contribution in [3.63, 3.8) is 0 Å². The molecule has 33 heavy (non-hydrogen) atoms. The molecule has 0 aliphatic carbocycles. The van der Waals surface area contributed by atoms with E-state index in [0.717, 1.165) is 37.4 Å². The number of rotatable bonds is 6. The number of ether oxygens (including phenoxy) is 1. The number of thioether (sulfide) groups is 1. The molecule has 1 aliphatic heterocycles. The molecule has 0 atom stereocenters. The van der Waals surface area contributed by atoms with Crippen LogP contribution in [0.3, 0.4) is 0 Å². The van der Waals surface area contributed by atoms with Crippen molar-refractivity contribution in [3.05, 3.63) is 102 Å². The number of aryl methyl sites for hydroxylation is 1. The smallest absolute Gasteiger partial charge is 0.293 e. The third-order valence-electron chi connectivity index (χ3n) is 4.94. The van der Waals surface area contributed by atoms with E-state index in [9.17, 15) is 9.59 Å². The van der Waals surface area contributed by atoms with E-state index in [2.05, 4.69) is 37.9 Å². The van der Waals surface area contributed by atoms with Crippen LogP contribution in [0.15, 0.2) is 74.5 Å². The molecular formula is C25H18Br2ClNO3S. The van der Waals surface area contributed by atoms with Crippen LogP contribution in [0.4, 0.5) is 4.79 Å². The summed E-state index contributed by atoms with van der Waals surface area (Å²) in [4.78, 5) is 26.9. The molecule has 0 N–H and O–H groups in total. The van der Waals surface area contributed by atoms with E-state index in [1.165, 1.54) is 10.5 Å². The van der Waals surface area contributed by atoms with Gasteiger partial charge in [-0.3, -0.25) is 14.5 Å². The van der Waals surface area contributed by atoms with Gasteiger partial charge in [0.1, 0.15) is 12.4 Å². The van der Waals surface area contributed by atoms with Crippen LogP contribution in [-0.2, 0) is 17.9 Å². The Labute approximate surface area is 218 Å². The number of carbonyl (C=O) groups excluding carboxylic acids is 2. The third kappa shape index (κ3) is 5.72. The molecular weight excluding hydrogens is 590 g/mol. The second-order valence-corrected chi connectivity index (χ2v) is 10.6. The van der Waals surface area contributed by atoms with Crippen molar-refractivity contribution < 1.29 is 14.3 Å². The molecule has 0 saturated carbocycles. The molecule has 0 unspecified atom stereocenters. The lowest BCUT2D eigenvalue weighted by molar-refractivity contribution is -0.123. The van der Waals surface area contributed by atoms with Crippen LogP contribution in [0.5, 0.6) is 5.75 Å². The second-order valence-electron chi connectivity index (χ2n) is 7.45. The summed E-state index contributed by atoms with van der Waals surface area (Å²) < 4.78 is 7.49. The SMILES string of the molecule is Cc1cccc(COc2c(Br)cc(/C=C3\SC(=O)N(Cc4ccccc4Cl)C3=O)cc2Br)c1.